The highest BCUT2D eigenvalue weighted by atomic mass is 16.6. The molecule has 59 heavy (non-hydrogen) atoms. The molecule has 4 rings (SSSR count). The summed E-state index contributed by atoms with van der Waals surface area (Å²) >= 11 is 0. The first kappa shape index (κ1) is 48.0. The maximum absolute atomic E-state index is 13.4. The second-order valence-corrected chi connectivity index (χ2v) is 17.4. The highest BCUT2D eigenvalue weighted by Crippen LogP contribution is 2.49. The summed E-state index contributed by atoms with van der Waals surface area (Å²) in [4.78, 5) is 63.9. The molecule has 0 aromatic heterocycles. The van der Waals surface area contributed by atoms with E-state index in [2.05, 4.69) is 0 Å². The molecule has 4 heterocycles. The first-order chi connectivity index (χ1) is 27.6. The Morgan fingerprint density at radius 1 is 0.915 bits per heavy atom. The lowest BCUT2D eigenvalue weighted by Gasteiger charge is -2.53. The van der Waals surface area contributed by atoms with E-state index in [9.17, 15) is 39.3 Å². The number of carbonyl (C=O) groups excluding carboxylic acids is 5. The molecule has 0 spiro atoms. The second-order valence-electron chi connectivity index (χ2n) is 17.4. The molecule has 3 N–H and O–H groups in total. The van der Waals surface area contributed by atoms with Crippen molar-refractivity contribution in [3.63, 3.8) is 0 Å². The van der Waals surface area contributed by atoms with Crippen LogP contribution in [0.3, 0.4) is 0 Å². The van der Waals surface area contributed by atoms with Crippen LogP contribution in [0.4, 0.5) is 0 Å². The van der Waals surface area contributed by atoms with Crippen LogP contribution >= 0.6 is 0 Å². The van der Waals surface area contributed by atoms with Crippen LogP contribution in [0, 0.1) is 10.8 Å². The summed E-state index contributed by atoms with van der Waals surface area (Å²) in [5.74, 6) is -5.15. The van der Waals surface area contributed by atoms with Crippen molar-refractivity contribution in [3.8, 4) is 0 Å². The van der Waals surface area contributed by atoms with Gasteiger partial charge in [-0.25, -0.2) is 9.59 Å². The van der Waals surface area contributed by atoms with Gasteiger partial charge in [-0.3, -0.25) is 14.4 Å². The number of aliphatic hydroxyl groups is 3. The highest BCUT2D eigenvalue weighted by molar-refractivity contribution is 5.83. The van der Waals surface area contributed by atoms with Gasteiger partial charge in [-0.15, -0.1) is 0 Å². The van der Waals surface area contributed by atoms with E-state index in [-0.39, 0.29) is 51.4 Å². The van der Waals surface area contributed by atoms with E-state index in [4.69, 9.17) is 37.9 Å². The van der Waals surface area contributed by atoms with E-state index < -0.39 is 114 Å². The Labute approximate surface area is 346 Å². The van der Waals surface area contributed by atoms with E-state index in [1.807, 2.05) is 26.8 Å². The van der Waals surface area contributed by atoms with Crippen LogP contribution in [0.1, 0.15) is 113 Å². The first-order valence-electron chi connectivity index (χ1n) is 20.5. The Bertz CT molecular complexity index is 1610. The van der Waals surface area contributed by atoms with Crippen molar-refractivity contribution >= 4 is 29.8 Å². The van der Waals surface area contributed by atoms with Crippen molar-refractivity contribution in [3.05, 3.63) is 35.5 Å². The zero-order valence-electron chi connectivity index (χ0n) is 35.8. The van der Waals surface area contributed by atoms with Crippen LogP contribution in [0.25, 0.3) is 0 Å². The van der Waals surface area contributed by atoms with E-state index in [1.54, 1.807) is 19.9 Å². The molecule has 0 aromatic carbocycles. The maximum atomic E-state index is 13.4. The fraction of sp³-hybridized carbons (Fsp3) is 0.744. The van der Waals surface area contributed by atoms with Gasteiger partial charge < -0.3 is 53.2 Å². The van der Waals surface area contributed by atoms with Gasteiger partial charge in [0.2, 0.25) is 0 Å². The second kappa shape index (κ2) is 20.3. The molecule has 4 aliphatic rings. The average Bonchev–Trinajstić information content (AvgIpc) is 3.12. The van der Waals surface area contributed by atoms with E-state index >= 15 is 0 Å². The normalized spacial score (nSPS) is 36.3. The molecule has 3 saturated heterocycles. The lowest BCUT2D eigenvalue weighted by atomic mass is 9.70. The Balaban J connectivity index is 1.84. The molecule has 0 radical (unpaired) electrons. The van der Waals surface area contributed by atoms with Crippen molar-refractivity contribution in [1.82, 2.24) is 0 Å². The van der Waals surface area contributed by atoms with Crippen LogP contribution in [-0.4, -0.2) is 126 Å². The van der Waals surface area contributed by atoms with Crippen molar-refractivity contribution in [2.75, 3.05) is 14.2 Å². The smallest absolute Gasteiger partial charge is 0.330 e. The monoisotopic (exact) mass is 836 g/mol. The summed E-state index contributed by atoms with van der Waals surface area (Å²) in [5, 5.41) is 34.6. The predicted octanol–water partition coefficient (Wildman–Crippen LogP) is 3.85. The minimum atomic E-state index is -2.00. The van der Waals surface area contributed by atoms with Crippen LogP contribution in [0.2, 0.25) is 0 Å². The van der Waals surface area contributed by atoms with Crippen LogP contribution < -0.4 is 0 Å². The average molecular weight is 837 g/mol. The van der Waals surface area contributed by atoms with Gasteiger partial charge in [-0.2, -0.15) is 0 Å². The Morgan fingerprint density at radius 2 is 1.59 bits per heavy atom. The number of ether oxygens (including phenoxy) is 8. The Kier molecular flexibility index (Phi) is 16.5. The largest absolute Gasteiger partial charge is 0.466 e. The van der Waals surface area contributed by atoms with Gasteiger partial charge in [-0.05, 0) is 38.2 Å². The third kappa shape index (κ3) is 12.7. The number of fused-ring (bicyclic) bond motifs is 6. The summed E-state index contributed by atoms with van der Waals surface area (Å²) < 4.78 is 47.0. The number of aliphatic hydroxyl groups excluding tert-OH is 2. The molecule has 0 saturated carbocycles. The maximum Gasteiger partial charge on any atom is 0.330 e. The van der Waals surface area contributed by atoms with Crippen molar-refractivity contribution in [2.45, 2.75) is 180 Å². The Hall–Kier alpha value is -3.67. The molecule has 0 amide bonds. The fourth-order valence-corrected chi connectivity index (χ4v) is 8.32. The molecule has 16 heteroatoms. The molecule has 4 aliphatic heterocycles. The first-order valence-corrected chi connectivity index (χ1v) is 20.5. The van der Waals surface area contributed by atoms with E-state index in [1.165, 1.54) is 40.2 Å². The number of cyclic esters (lactones) is 1. The molecule has 2 unspecified atom stereocenters. The molecule has 332 valence electrons. The zero-order chi connectivity index (χ0) is 43.9. The van der Waals surface area contributed by atoms with Gasteiger partial charge in [0, 0.05) is 56.6 Å². The molecular formula is C43H64O16. The number of esters is 5. The van der Waals surface area contributed by atoms with Gasteiger partial charge in [0.25, 0.3) is 0 Å². The number of rotatable bonds is 7. The predicted molar refractivity (Wildman–Crippen MR) is 209 cm³/mol. The molecule has 11 atom stereocenters. The lowest BCUT2D eigenvalue weighted by molar-refractivity contribution is -0.348. The minimum Gasteiger partial charge on any atom is -0.466 e. The topological polar surface area (TPSA) is 220 Å². The van der Waals surface area contributed by atoms with Crippen LogP contribution in [0.5, 0.6) is 0 Å². The Morgan fingerprint density at radius 3 is 2.22 bits per heavy atom. The summed E-state index contributed by atoms with van der Waals surface area (Å²) in [6.07, 6.45) is -2.64. The molecule has 3 fully saturated rings. The third-order valence-corrected chi connectivity index (χ3v) is 11.7. The minimum absolute atomic E-state index is 0.0329. The number of hydrogen-bond donors (Lipinski definition) is 3. The molecular weight excluding hydrogens is 772 g/mol. The molecule has 0 aromatic rings. The van der Waals surface area contributed by atoms with Crippen molar-refractivity contribution in [1.29, 1.82) is 0 Å². The number of methoxy groups -OCH3 is 2. The summed E-state index contributed by atoms with van der Waals surface area (Å²) in [6.45, 7) is 11.7. The van der Waals surface area contributed by atoms with Gasteiger partial charge >= 0.3 is 29.8 Å². The highest BCUT2D eigenvalue weighted by Gasteiger charge is 2.58. The van der Waals surface area contributed by atoms with Crippen LogP contribution in [0.15, 0.2) is 35.5 Å². The molecule has 0 aliphatic carbocycles. The van der Waals surface area contributed by atoms with Crippen molar-refractivity contribution in [2.24, 2.45) is 10.8 Å². The number of carbonyl (C=O) groups is 5. The zero-order valence-corrected chi connectivity index (χ0v) is 35.8. The summed E-state index contributed by atoms with van der Waals surface area (Å²) in [5.41, 5.74) is -1.10. The SMILES string of the molecule is CCCC(=O)O[C@H]1C[C@H]2C[C@@H](O)CC(=O)O[C@@H]([C@@H](C)O)CC3C/C(=C\C(=O)OC)[C@H](OC(C)=O)C(O3)C(C)(C)/C=C/[C@H]3C/C(=C\C(=O)OC)C[C@@H](C[C@](O)(O2)C1(C)C)O3. The lowest BCUT2D eigenvalue weighted by Crippen LogP contribution is -2.62. The van der Waals surface area contributed by atoms with Gasteiger partial charge in [0.05, 0.1) is 62.7 Å². The molecule has 16 nitrogen and oxygen atoms in total. The summed E-state index contributed by atoms with van der Waals surface area (Å²) in [7, 11) is 2.49. The van der Waals surface area contributed by atoms with Gasteiger partial charge in [0.15, 0.2) is 11.9 Å². The molecule has 6 bridgehead atoms. The van der Waals surface area contributed by atoms with E-state index in [0.717, 1.165) is 0 Å². The van der Waals surface area contributed by atoms with Gasteiger partial charge in [0.1, 0.15) is 18.3 Å². The third-order valence-electron chi connectivity index (χ3n) is 11.7. The van der Waals surface area contributed by atoms with Crippen LogP contribution in [-0.2, 0) is 61.9 Å². The van der Waals surface area contributed by atoms with Gasteiger partial charge in [-0.1, -0.05) is 52.3 Å². The van der Waals surface area contributed by atoms with E-state index in [0.29, 0.717) is 17.6 Å². The summed E-state index contributed by atoms with van der Waals surface area (Å²) in [6, 6.07) is 0. The standard InChI is InChI=1S/C43H64O16/c1-10-11-35(47)58-34-22-31-19-28(46)20-38(50)57-33(24(2)44)21-30-17-27(18-37(49)53-9)39(54-25(3)45)40(56-30)41(4,5)13-12-29-14-26(16-36(48)52-8)15-32(55-29)23-43(51,59-31)42(34,6)7/h12-13,16,18,24,28-34,39-40,44,46,51H,10-11,14-15,17,19-23H2,1-9H3/b13-12+,26-16+,27-18+/t24-,28-,29+,30?,31-,32+,33-,34+,39+,40?,43+/m1/s1. The van der Waals surface area contributed by atoms with Crippen molar-refractivity contribution < 1.29 is 77.2 Å². The fourth-order valence-electron chi connectivity index (χ4n) is 8.32. The number of hydrogen-bond acceptors (Lipinski definition) is 16. The quantitative estimate of drug-likeness (QED) is 0.144.